The third-order valence-electron chi connectivity index (χ3n) is 1.78. The average Bonchev–Trinajstić information content (AvgIpc) is 2.23. The van der Waals surface area contributed by atoms with E-state index in [9.17, 15) is 13.2 Å². The van der Waals surface area contributed by atoms with Gasteiger partial charge in [-0.25, -0.2) is 4.98 Å². The summed E-state index contributed by atoms with van der Waals surface area (Å²) < 4.78 is 35.8. The normalized spacial score (nSPS) is 11.2. The summed E-state index contributed by atoms with van der Waals surface area (Å²) in [5.41, 5.74) is 0. The fraction of sp³-hybridized carbons (Fsp3) is 0.500. The smallest absolute Gasteiger partial charge is 0.370 e. The lowest BCUT2D eigenvalue weighted by molar-refractivity contribution is -0.115. The number of rotatable bonds is 5. The molecule has 0 saturated heterocycles. The molecule has 1 rings (SSSR count). The summed E-state index contributed by atoms with van der Waals surface area (Å²) in [7, 11) is 0. The van der Waals surface area contributed by atoms with Crippen LogP contribution in [-0.4, -0.2) is 24.2 Å². The quantitative estimate of drug-likeness (QED) is 0.821. The first kappa shape index (κ1) is 12.6. The molecule has 0 fully saturated rings. The van der Waals surface area contributed by atoms with Crippen LogP contribution in [0.4, 0.5) is 24.8 Å². The second kappa shape index (κ2) is 5.58. The second-order valence-electron chi connectivity index (χ2n) is 3.30. The molecule has 1 heterocycles. The molecule has 0 aliphatic carbocycles. The molecule has 16 heavy (non-hydrogen) atoms. The monoisotopic (exact) mass is 233 g/mol. The van der Waals surface area contributed by atoms with Crippen LogP contribution in [0, 0.1) is 0 Å². The van der Waals surface area contributed by atoms with E-state index < -0.39 is 12.7 Å². The van der Waals surface area contributed by atoms with Gasteiger partial charge in [0.25, 0.3) is 0 Å². The zero-order valence-corrected chi connectivity index (χ0v) is 8.93. The van der Waals surface area contributed by atoms with Crippen molar-refractivity contribution in [2.24, 2.45) is 0 Å². The van der Waals surface area contributed by atoms with Gasteiger partial charge in [-0.3, -0.25) is 0 Å². The lowest BCUT2D eigenvalue weighted by atomic mass is 10.4. The van der Waals surface area contributed by atoms with Crippen molar-refractivity contribution in [3.05, 3.63) is 18.2 Å². The average molecular weight is 233 g/mol. The zero-order chi connectivity index (χ0) is 12.0. The van der Waals surface area contributed by atoms with Crippen molar-refractivity contribution >= 4 is 11.6 Å². The number of nitrogens with zero attached hydrogens (tertiary/aromatic N) is 1. The summed E-state index contributed by atoms with van der Waals surface area (Å²) in [6.07, 6.45) is -3.30. The lowest BCUT2D eigenvalue weighted by Crippen LogP contribution is -2.21. The van der Waals surface area contributed by atoms with Crippen LogP contribution in [0.15, 0.2) is 18.2 Å². The zero-order valence-electron chi connectivity index (χ0n) is 8.93. The molecular formula is C10H14F3N3. The molecule has 1 aromatic rings. The van der Waals surface area contributed by atoms with E-state index in [2.05, 4.69) is 15.6 Å². The van der Waals surface area contributed by atoms with Gasteiger partial charge in [0, 0.05) is 6.54 Å². The minimum Gasteiger partial charge on any atom is -0.370 e. The predicted molar refractivity (Wildman–Crippen MR) is 57.6 cm³/mol. The summed E-state index contributed by atoms with van der Waals surface area (Å²) in [6.45, 7) is 1.67. The van der Waals surface area contributed by atoms with Crippen LogP contribution < -0.4 is 10.6 Å². The molecule has 90 valence electrons. The van der Waals surface area contributed by atoms with Gasteiger partial charge in [0.05, 0.1) is 0 Å². The maximum absolute atomic E-state index is 11.9. The highest BCUT2D eigenvalue weighted by molar-refractivity contribution is 5.45. The van der Waals surface area contributed by atoms with Crippen LogP contribution in [0.5, 0.6) is 0 Å². The first-order valence-corrected chi connectivity index (χ1v) is 5.03. The largest absolute Gasteiger partial charge is 0.405 e. The van der Waals surface area contributed by atoms with E-state index in [0.29, 0.717) is 5.82 Å². The molecule has 0 aliphatic rings. The molecule has 3 nitrogen and oxygen atoms in total. The molecule has 2 N–H and O–H groups in total. The molecule has 0 amide bonds. The number of alkyl halides is 3. The highest BCUT2D eigenvalue weighted by atomic mass is 19.4. The molecule has 0 radical (unpaired) electrons. The molecule has 0 spiro atoms. The van der Waals surface area contributed by atoms with Crippen molar-refractivity contribution in [3.63, 3.8) is 0 Å². The molecule has 0 bridgehead atoms. The van der Waals surface area contributed by atoms with Gasteiger partial charge in [0.15, 0.2) is 0 Å². The Hall–Kier alpha value is -1.46. The van der Waals surface area contributed by atoms with Crippen LogP contribution in [0.3, 0.4) is 0 Å². The van der Waals surface area contributed by atoms with Crippen molar-refractivity contribution in [2.75, 3.05) is 23.7 Å². The van der Waals surface area contributed by atoms with Crippen LogP contribution in [0.25, 0.3) is 0 Å². The number of hydrogen-bond donors (Lipinski definition) is 2. The van der Waals surface area contributed by atoms with E-state index in [1.54, 1.807) is 12.1 Å². The molecular weight excluding hydrogens is 219 g/mol. The Morgan fingerprint density at radius 3 is 2.38 bits per heavy atom. The van der Waals surface area contributed by atoms with Crippen molar-refractivity contribution in [1.29, 1.82) is 0 Å². The molecule has 0 atom stereocenters. The van der Waals surface area contributed by atoms with Gasteiger partial charge in [0.2, 0.25) is 0 Å². The Morgan fingerprint density at radius 1 is 1.19 bits per heavy atom. The van der Waals surface area contributed by atoms with E-state index in [1.807, 2.05) is 6.92 Å². The summed E-state index contributed by atoms with van der Waals surface area (Å²) >= 11 is 0. The number of anilines is 2. The number of halogens is 3. The lowest BCUT2D eigenvalue weighted by Gasteiger charge is -2.10. The third kappa shape index (κ3) is 4.86. The van der Waals surface area contributed by atoms with E-state index in [1.165, 1.54) is 6.07 Å². The third-order valence-corrected chi connectivity index (χ3v) is 1.78. The molecule has 1 aromatic heterocycles. The van der Waals surface area contributed by atoms with Crippen molar-refractivity contribution in [2.45, 2.75) is 19.5 Å². The van der Waals surface area contributed by atoms with Gasteiger partial charge in [-0.15, -0.1) is 0 Å². The highest BCUT2D eigenvalue weighted by Crippen LogP contribution is 2.16. The van der Waals surface area contributed by atoms with Crippen LogP contribution in [0.2, 0.25) is 0 Å². The SMILES string of the molecule is CCCNc1cccc(NCC(F)(F)F)n1. The number of aromatic nitrogens is 1. The predicted octanol–water partition coefficient (Wildman–Crippen LogP) is 2.88. The van der Waals surface area contributed by atoms with Gasteiger partial charge in [-0.05, 0) is 18.6 Å². The Labute approximate surface area is 92.1 Å². The fourth-order valence-electron chi connectivity index (χ4n) is 1.08. The number of pyridine rings is 1. The van der Waals surface area contributed by atoms with Crippen molar-refractivity contribution in [3.8, 4) is 0 Å². The highest BCUT2D eigenvalue weighted by Gasteiger charge is 2.26. The molecule has 0 aliphatic heterocycles. The minimum absolute atomic E-state index is 0.221. The van der Waals surface area contributed by atoms with E-state index in [-0.39, 0.29) is 5.82 Å². The van der Waals surface area contributed by atoms with E-state index >= 15 is 0 Å². The Kier molecular flexibility index (Phi) is 4.39. The van der Waals surface area contributed by atoms with E-state index in [0.717, 1.165) is 13.0 Å². The van der Waals surface area contributed by atoms with Gasteiger partial charge >= 0.3 is 6.18 Å². The second-order valence-corrected chi connectivity index (χ2v) is 3.30. The first-order valence-electron chi connectivity index (χ1n) is 5.03. The fourth-order valence-corrected chi connectivity index (χ4v) is 1.08. The first-order chi connectivity index (χ1) is 7.51. The Balaban J connectivity index is 2.53. The van der Waals surface area contributed by atoms with E-state index in [4.69, 9.17) is 0 Å². The van der Waals surface area contributed by atoms with Gasteiger partial charge < -0.3 is 10.6 Å². The summed E-state index contributed by atoms with van der Waals surface area (Å²) in [4.78, 5) is 3.99. The van der Waals surface area contributed by atoms with Gasteiger partial charge in [-0.2, -0.15) is 13.2 Å². The van der Waals surface area contributed by atoms with Crippen molar-refractivity contribution in [1.82, 2.24) is 4.98 Å². The summed E-state index contributed by atoms with van der Waals surface area (Å²) in [6, 6.07) is 4.88. The Bertz CT molecular complexity index is 325. The van der Waals surface area contributed by atoms with Crippen LogP contribution >= 0.6 is 0 Å². The van der Waals surface area contributed by atoms with Crippen molar-refractivity contribution < 1.29 is 13.2 Å². The molecule has 0 aromatic carbocycles. The Morgan fingerprint density at radius 2 is 1.81 bits per heavy atom. The maximum Gasteiger partial charge on any atom is 0.405 e. The van der Waals surface area contributed by atoms with Gasteiger partial charge in [0.1, 0.15) is 18.2 Å². The summed E-state index contributed by atoms with van der Waals surface area (Å²) in [5, 5.41) is 5.22. The molecule has 0 unspecified atom stereocenters. The topological polar surface area (TPSA) is 37.0 Å². The van der Waals surface area contributed by atoms with Crippen LogP contribution in [-0.2, 0) is 0 Å². The minimum atomic E-state index is -4.23. The van der Waals surface area contributed by atoms with Gasteiger partial charge in [-0.1, -0.05) is 13.0 Å². The number of nitrogens with one attached hydrogen (secondary N) is 2. The summed E-state index contributed by atoms with van der Waals surface area (Å²) in [5.74, 6) is 0.799. The standard InChI is InChI=1S/C10H14F3N3/c1-2-6-14-8-4-3-5-9(16-8)15-7-10(11,12)13/h3-5H,2,6-7H2,1H3,(H2,14,15,16). The number of hydrogen-bond acceptors (Lipinski definition) is 3. The molecule has 6 heteroatoms. The molecule has 0 saturated carbocycles. The maximum atomic E-state index is 11.9. The van der Waals surface area contributed by atoms with Crippen LogP contribution in [0.1, 0.15) is 13.3 Å².